The highest BCUT2D eigenvalue weighted by molar-refractivity contribution is 6.38. The summed E-state index contributed by atoms with van der Waals surface area (Å²) in [5.41, 5.74) is 4.91. The summed E-state index contributed by atoms with van der Waals surface area (Å²) in [6.45, 7) is 0. The number of hydrogen-bond acceptors (Lipinski definition) is 1. The molecule has 0 radical (unpaired) electrons. The molecular formula is C29H18ClN. The quantitative estimate of drug-likeness (QED) is 0.204. The first-order valence-corrected chi connectivity index (χ1v) is 10.7. The molecule has 0 spiro atoms. The van der Waals surface area contributed by atoms with Crippen LogP contribution in [0.15, 0.2) is 109 Å². The molecule has 31 heavy (non-hydrogen) atoms. The highest BCUT2D eigenvalue weighted by atomic mass is 35.5. The largest absolute Gasteiger partial charge is 0.246 e. The van der Waals surface area contributed by atoms with Crippen LogP contribution >= 0.6 is 11.6 Å². The van der Waals surface area contributed by atoms with Crippen LogP contribution in [0.2, 0.25) is 5.02 Å². The zero-order valence-electron chi connectivity index (χ0n) is 16.7. The standard InChI is InChI=1S/C29H18ClN/c30-28-26(19-9-3-1-4-10-19)27-24-18-22-14-8-7-13-21(22)17-23(24)15-16-25(27)31-29(28)20-11-5-2-6-12-20/h1-18H. The molecule has 0 saturated carbocycles. The summed E-state index contributed by atoms with van der Waals surface area (Å²) in [6.07, 6.45) is 0. The Hall–Kier alpha value is -3.68. The molecule has 1 aromatic heterocycles. The molecule has 6 aromatic rings. The van der Waals surface area contributed by atoms with E-state index in [0.29, 0.717) is 5.02 Å². The number of rotatable bonds is 2. The van der Waals surface area contributed by atoms with E-state index < -0.39 is 0 Å². The third-order valence-corrected chi connectivity index (χ3v) is 6.25. The van der Waals surface area contributed by atoms with Crippen LogP contribution in [0, 0.1) is 0 Å². The van der Waals surface area contributed by atoms with Gasteiger partial charge < -0.3 is 0 Å². The predicted molar refractivity (Wildman–Crippen MR) is 133 cm³/mol. The minimum Gasteiger partial charge on any atom is -0.246 e. The molecule has 0 atom stereocenters. The van der Waals surface area contributed by atoms with Crippen LogP contribution in [0.3, 0.4) is 0 Å². The number of fused-ring (bicyclic) bond motifs is 4. The Balaban J connectivity index is 1.80. The molecule has 1 nitrogen and oxygen atoms in total. The van der Waals surface area contributed by atoms with Crippen LogP contribution in [0.4, 0.5) is 0 Å². The Morgan fingerprint density at radius 2 is 1.16 bits per heavy atom. The van der Waals surface area contributed by atoms with Crippen molar-refractivity contribution in [2.45, 2.75) is 0 Å². The molecule has 6 rings (SSSR count). The molecule has 1 heterocycles. The van der Waals surface area contributed by atoms with Crippen LogP contribution in [-0.4, -0.2) is 4.98 Å². The second-order valence-corrected chi connectivity index (χ2v) is 8.14. The summed E-state index contributed by atoms with van der Waals surface area (Å²) in [5.74, 6) is 0. The van der Waals surface area contributed by atoms with Gasteiger partial charge in [-0.2, -0.15) is 0 Å². The Kier molecular flexibility index (Phi) is 4.22. The van der Waals surface area contributed by atoms with Gasteiger partial charge in [-0.3, -0.25) is 0 Å². The SMILES string of the molecule is Clc1c(-c2ccccc2)nc2ccc3cc4ccccc4cc3c2c1-c1ccccc1. The zero-order chi connectivity index (χ0) is 20.8. The summed E-state index contributed by atoms with van der Waals surface area (Å²) < 4.78 is 0. The van der Waals surface area contributed by atoms with Gasteiger partial charge in [0.05, 0.1) is 16.2 Å². The molecular weight excluding hydrogens is 398 g/mol. The second-order valence-electron chi connectivity index (χ2n) is 7.76. The third-order valence-electron chi connectivity index (χ3n) is 5.88. The maximum absolute atomic E-state index is 7.11. The first kappa shape index (κ1) is 18.1. The minimum absolute atomic E-state index is 0.686. The Labute approximate surface area is 185 Å². The highest BCUT2D eigenvalue weighted by Crippen LogP contribution is 2.43. The average molecular weight is 416 g/mol. The second kappa shape index (κ2) is 7.23. The van der Waals surface area contributed by atoms with E-state index in [0.717, 1.165) is 33.3 Å². The van der Waals surface area contributed by atoms with Gasteiger partial charge in [0.2, 0.25) is 0 Å². The maximum atomic E-state index is 7.11. The van der Waals surface area contributed by atoms with Gasteiger partial charge in [-0.1, -0.05) is 103 Å². The first-order chi connectivity index (χ1) is 15.3. The fourth-order valence-electron chi connectivity index (χ4n) is 4.42. The van der Waals surface area contributed by atoms with Crippen LogP contribution in [0.1, 0.15) is 0 Å². The molecule has 0 aliphatic heterocycles. The van der Waals surface area contributed by atoms with Crippen LogP contribution in [-0.2, 0) is 0 Å². The maximum Gasteiger partial charge on any atom is 0.0902 e. The molecule has 0 unspecified atom stereocenters. The van der Waals surface area contributed by atoms with E-state index in [2.05, 4.69) is 84.9 Å². The predicted octanol–water partition coefficient (Wildman–Crippen LogP) is 8.53. The first-order valence-electron chi connectivity index (χ1n) is 10.4. The van der Waals surface area contributed by atoms with E-state index >= 15 is 0 Å². The van der Waals surface area contributed by atoms with Gasteiger partial charge in [0.15, 0.2) is 0 Å². The van der Waals surface area contributed by atoms with Gasteiger partial charge in [-0.05, 0) is 45.3 Å². The number of nitrogens with zero attached hydrogens (tertiary/aromatic N) is 1. The highest BCUT2D eigenvalue weighted by Gasteiger charge is 2.18. The number of hydrogen-bond donors (Lipinski definition) is 0. The third kappa shape index (κ3) is 2.98. The summed E-state index contributed by atoms with van der Waals surface area (Å²) in [5, 5.41) is 6.59. The van der Waals surface area contributed by atoms with Gasteiger partial charge in [0, 0.05) is 16.5 Å². The number of benzene rings is 5. The summed E-state index contributed by atoms with van der Waals surface area (Å²) >= 11 is 7.11. The lowest BCUT2D eigenvalue weighted by Gasteiger charge is -2.16. The van der Waals surface area contributed by atoms with Crippen molar-refractivity contribution < 1.29 is 0 Å². The van der Waals surface area contributed by atoms with Crippen molar-refractivity contribution in [2.75, 3.05) is 0 Å². The molecule has 2 heteroatoms. The van der Waals surface area contributed by atoms with Gasteiger partial charge in [-0.25, -0.2) is 4.98 Å². The molecule has 0 bridgehead atoms. The summed E-state index contributed by atoms with van der Waals surface area (Å²) in [6, 6.07) is 37.8. The van der Waals surface area contributed by atoms with Crippen molar-refractivity contribution >= 4 is 44.0 Å². The Bertz CT molecular complexity index is 1570. The molecule has 146 valence electrons. The van der Waals surface area contributed by atoms with Gasteiger partial charge in [0.1, 0.15) is 0 Å². The van der Waals surface area contributed by atoms with Crippen molar-refractivity contribution in [3.8, 4) is 22.4 Å². The lowest BCUT2D eigenvalue weighted by Crippen LogP contribution is -1.94. The van der Waals surface area contributed by atoms with Gasteiger partial charge in [0.25, 0.3) is 0 Å². The molecule has 0 N–H and O–H groups in total. The van der Waals surface area contributed by atoms with E-state index in [4.69, 9.17) is 16.6 Å². The lowest BCUT2D eigenvalue weighted by molar-refractivity contribution is 1.40. The van der Waals surface area contributed by atoms with Gasteiger partial charge >= 0.3 is 0 Å². The van der Waals surface area contributed by atoms with Gasteiger partial charge in [-0.15, -0.1) is 0 Å². The molecule has 0 aliphatic rings. The van der Waals surface area contributed by atoms with Crippen molar-refractivity contribution in [3.05, 3.63) is 114 Å². The van der Waals surface area contributed by atoms with Crippen LogP contribution < -0.4 is 0 Å². The molecule has 0 fully saturated rings. The van der Waals surface area contributed by atoms with Crippen LogP contribution in [0.25, 0.3) is 54.8 Å². The minimum atomic E-state index is 0.686. The van der Waals surface area contributed by atoms with Crippen molar-refractivity contribution in [1.82, 2.24) is 4.98 Å². The number of halogens is 1. The van der Waals surface area contributed by atoms with Crippen molar-refractivity contribution in [2.24, 2.45) is 0 Å². The van der Waals surface area contributed by atoms with Crippen molar-refractivity contribution in [1.29, 1.82) is 0 Å². The number of pyridine rings is 1. The topological polar surface area (TPSA) is 12.9 Å². The molecule has 0 saturated heterocycles. The smallest absolute Gasteiger partial charge is 0.0902 e. The van der Waals surface area contributed by atoms with E-state index in [1.807, 2.05) is 24.3 Å². The van der Waals surface area contributed by atoms with E-state index in [1.165, 1.54) is 21.5 Å². The average Bonchev–Trinajstić information content (AvgIpc) is 2.83. The Morgan fingerprint density at radius 1 is 0.548 bits per heavy atom. The zero-order valence-corrected chi connectivity index (χ0v) is 17.5. The summed E-state index contributed by atoms with van der Waals surface area (Å²) in [7, 11) is 0. The monoisotopic (exact) mass is 415 g/mol. The fraction of sp³-hybridized carbons (Fsp3) is 0. The Morgan fingerprint density at radius 3 is 1.87 bits per heavy atom. The van der Waals surface area contributed by atoms with E-state index in [-0.39, 0.29) is 0 Å². The van der Waals surface area contributed by atoms with Crippen molar-refractivity contribution in [3.63, 3.8) is 0 Å². The normalized spacial score (nSPS) is 11.4. The fourth-order valence-corrected chi connectivity index (χ4v) is 4.77. The van der Waals surface area contributed by atoms with Crippen LogP contribution in [0.5, 0.6) is 0 Å². The van der Waals surface area contributed by atoms with E-state index in [9.17, 15) is 0 Å². The number of aromatic nitrogens is 1. The molecule has 0 aliphatic carbocycles. The summed E-state index contributed by atoms with van der Waals surface area (Å²) in [4.78, 5) is 5.03. The van der Waals surface area contributed by atoms with E-state index in [1.54, 1.807) is 0 Å². The lowest BCUT2D eigenvalue weighted by atomic mass is 9.93. The molecule has 5 aromatic carbocycles. The molecule has 0 amide bonds.